The van der Waals surface area contributed by atoms with E-state index in [0.717, 1.165) is 24.3 Å². The molecule has 88 valence electrons. The van der Waals surface area contributed by atoms with Crippen LogP contribution in [-0.4, -0.2) is 32.1 Å². The highest BCUT2D eigenvalue weighted by Gasteiger charge is 2.11. The number of anilines is 1. The Morgan fingerprint density at radius 3 is 2.75 bits per heavy atom. The molecular formula is C11H17N3O2. The molecule has 5 nitrogen and oxygen atoms in total. The van der Waals surface area contributed by atoms with Crippen LogP contribution in [0.1, 0.15) is 5.56 Å². The Hall–Kier alpha value is -1.62. The average molecular weight is 223 g/mol. The first-order valence-corrected chi connectivity index (χ1v) is 5.17. The van der Waals surface area contributed by atoms with Crippen LogP contribution in [0.5, 0.6) is 0 Å². The van der Waals surface area contributed by atoms with Gasteiger partial charge in [0.2, 0.25) is 0 Å². The molecule has 1 aromatic carbocycles. The summed E-state index contributed by atoms with van der Waals surface area (Å²) < 4.78 is 0. The van der Waals surface area contributed by atoms with Crippen LogP contribution in [-0.2, 0) is 0 Å². The number of hydrogen-bond donors (Lipinski definition) is 1. The van der Waals surface area contributed by atoms with Gasteiger partial charge in [0.25, 0.3) is 5.69 Å². The molecule has 0 aliphatic heterocycles. The third-order valence-electron chi connectivity index (χ3n) is 2.51. The fraction of sp³-hybridized carbons (Fsp3) is 0.455. The Labute approximate surface area is 95.2 Å². The minimum absolute atomic E-state index is 0.136. The number of aryl methyl sites for hydroxylation is 1. The van der Waals surface area contributed by atoms with Crippen molar-refractivity contribution in [1.82, 2.24) is 5.32 Å². The van der Waals surface area contributed by atoms with Crippen LogP contribution in [0.25, 0.3) is 0 Å². The summed E-state index contributed by atoms with van der Waals surface area (Å²) in [5, 5.41) is 13.7. The maximum absolute atomic E-state index is 10.7. The molecule has 0 heterocycles. The van der Waals surface area contributed by atoms with E-state index < -0.39 is 0 Å². The topological polar surface area (TPSA) is 58.4 Å². The fourth-order valence-electron chi connectivity index (χ4n) is 1.52. The van der Waals surface area contributed by atoms with Gasteiger partial charge in [-0.25, -0.2) is 0 Å². The number of nitro groups is 1. The standard InChI is InChI=1S/C11H17N3O2/c1-9-4-5-10(14(15)16)8-11(9)13(3)7-6-12-2/h4-5,8,12H,6-7H2,1-3H3. The normalized spacial score (nSPS) is 10.2. The third kappa shape index (κ3) is 2.93. The first-order chi connectivity index (χ1) is 7.56. The maximum atomic E-state index is 10.7. The SMILES string of the molecule is CNCCN(C)c1cc([N+](=O)[O-])ccc1C. The summed E-state index contributed by atoms with van der Waals surface area (Å²) in [4.78, 5) is 12.3. The molecule has 0 atom stereocenters. The van der Waals surface area contributed by atoms with Crippen LogP contribution >= 0.6 is 0 Å². The van der Waals surface area contributed by atoms with E-state index in [1.54, 1.807) is 12.1 Å². The lowest BCUT2D eigenvalue weighted by atomic mass is 10.1. The number of non-ortho nitro benzene ring substituents is 1. The van der Waals surface area contributed by atoms with Gasteiger partial charge in [-0.15, -0.1) is 0 Å². The summed E-state index contributed by atoms with van der Waals surface area (Å²) in [5.41, 5.74) is 2.09. The van der Waals surface area contributed by atoms with Crippen molar-refractivity contribution in [3.63, 3.8) is 0 Å². The van der Waals surface area contributed by atoms with E-state index in [1.807, 2.05) is 25.9 Å². The Morgan fingerprint density at radius 2 is 2.19 bits per heavy atom. The van der Waals surface area contributed by atoms with Crippen molar-refractivity contribution in [3.8, 4) is 0 Å². The minimum atomic E-state index is -0.366. The van der Waals surface area contributed by atoms with Crippen LogP contribution < -0.4 is 10.2 Å². The Kier molecular flexibility index (Phi) is 4.25. The summed E-state index contributed by atoms with van der Waals surface area (Å²) in [7, 11) is 3.82. The molecule has 0 radical (unpaired) electrons. The van der Waals surface area contributed by atoms with Crippen molar-refractivity contribution >= 4 is 11.4 Å². The lowest BCUT2D eigenvalue weighted by molar-refractivity contribution is -0.384. The quantitative estimate of drug-likeness (QED) is 0.608. The third-order valence-corrected chi connectivity index (χ3v) is 2.51. The van der Waals surface area contributed by atoms with Gasteiger partial charge in [0.1, 0.15) is 0 Å². The molecule has 1 rings (SSSR count). The highest BCUT2D eigenvalue weighted by Crippen LogP contribution is 2.24. The minimum Gasteiger partial charge on any atom is -0.373 e. The number of rotatable bonds is 5. The number of nitro benzene ring substituents is 1. The molecule has 0 unspecified atom stereocenters. The molecule has 0 aromatic heterocycles. The van der Waals surface area contributed by atoms with Gasteiger partial charge >= 0.3 is 0 Å². The van der Waals surface area contributed by atoms with E-state index >= 15 is 0 Å². The van der Waals surface area contributed by atoms with Gasteiger partial charge in [0.05, 0.1) is 4.92 Å². The summed E-state index contributed by atoms with van der Waals surface area (Å²) in [6, 6.07) is 4.93. The summed E-state index contributed by atoms with van der Waals surface area (Å²) >= 11 is 0. The van der Waals surface area contributed by atoms with Gasteiger partial charge < -0.3 is 10.2 Å². The van der Waals surface area contributed by atoms with Crippen molar-refractivity contribution in [2.24, 2.45) is 0 Å². The zero-order valence-corrected chi connectivity index (χ0v) is 9.86. The lowest BCUT2D eigenvalue weighted by Gasteiger charge is -2.20. The van der Waals surface area contributed by atoms with Gasteiger partial charge in [-0.3, -0.25) is 10.1 Å². The monoisotopic (exact) mass is 223 g/mol. The van der Waals surface area contributed by atoms with E-state index in [4.69, 9.17) is 0 Å². The van der Waals surface area contributed by atoms with Crippen LogP contribution in [0.4, 0.5) is 11.4 Å². The molecule has 0 aliphatic carbocycles. The molecule has 5 heteroatoms. The highest BCUT2D eigenvalue weighted by molar-refractivity contribution is 5.58. The smallest absolute Gasteiger partial charge is 0.271 e. The molecule has 1 aromatic rings. The van der Waals surface area contributed by atoms with Crippen LogP contribution in [0, 0.1) is 17.0 Å². The summed E-state index contributed by atoms with van der Waals surface area (Å²) in [6.07, 6.45) is 0. The van der Waals surface area contributed by atoms with Gasteiger partial charge in [-0.1, -0.05) is 6.07 Å². The van der Waals surface area contributed by atoms with Gasteiger partial charge in [0, 0.05) is 38.0 Å². The van der Waals surface area contributed by atoms with E-state index in [1.165, 1.54) is 6.07 Å². The highest BCUT2D eigenvalue weighted by atomic mass is 16.6. The van der Waals surface area contributed by atoms with Crippen molar-refractivity contribution in [2.75, 3.05) is 32.1 Å². The zero-order chi connectivity index (χ0) is 12.1. The lowest BCUT2D eigenvalue weighted by Crippen LogP contribution is -2.27. The molecule has 16 heavy (non-hydrogen) atoms. The van der Waals surface area contributed by atoms with Gasteiger partial charge in [0.15, 0.2) is 0 Å². The first-order valence-electron chi connectivity index (χ1n) is 5.17. The first kappa shape index (κ1) is 12.4. The molecule has 0 aliphatic rings. The average Bonchev–Trinajstić information content (AvgIpc) is 2.26. The number of nitrogens with one attached hydrogen (secondary N) is 1. The molecule has 0 fully saturated rings. The second kappa shape index (κ2) is 5.46. The van der Waals surface area contributed by atoms with Crippen LogP contribution in [0.15, 0.2) is 18.2 Å². The van der Waals surface area contributed by atoms with E-state index in [0.29, 0.717) is 0 Å². The van der Waals surface area contributed by atoms with Crippen molar-refractivity contribution < 1.29 is 4.92 Å². The Bertz CT molecular complexity index is 379. The van der Waals surface area contributed by atoms with Crippen molar-refractivity contribution in [3.05, 3.63) is 33.9 Å². The summed E-state index contributed by atoms with van der Waals surface area (Å²) in [5.74, 6) is 0. The Morgan fingerprint density at radius 1 is 1.50 bits per heavy atom. The number of hydrogen-bond acceptors (Lipinski definition) is 4. The number of nitrogens with zero attached hydrogens (tertiary/aromatic N) is 2. The van der Waals surface area contributed by atoms with Crippen molar-refractivity contribution in [1.29, 1.82) is 0 Å². The molecule has 0 spiro atoms. The molecule has 0 bridgehead atoms. The molecule has 0 saturated heterocycles. The largest absolute Gasteiger partial charge is 0.373 e. The molecule has 0 saturated carbocycles. The van der Waals surface area contributed by atoms with Gasteiger partial charge in [-0.05, 0) is 19.5 Å². The van der Waals surface area contributed by atoms with Crippen LogP contribution in [0.2, 0.25) is 0 Å². The van der Waals surface area contributed by atoms with Gasteiger partial charge in [-0.2, -0.15) is 0 Å². The number of likely N-dealkylation sites (N-methyl/N-ethyl adjacent to an activating group) is 2. The second-order valence-corrected chi connectivity index (χ2v) is 3.75. The maximum Gasteiger partial charge on any atom is 0.271 e. The molecule has 1 N–H and O–H groups in total. The van der Waals surface area contributed by atoms with Crippen molar-refractivity contribution in [2.45, 2.75) is 6.92 Å². The van der Waals surface area contributed by atoms with E-state index in [2.05, 4.69) is 5.32 Å². The Balaban J connectivity index is 2.92. The van der Waals surface area contributed by atoms with E-state index in [-0.39, 0.29) is 10.6 Å². The number of benzene rings is 1. The zero-order valence-electron chi connectivity index (χ0n) is 9.86. The second-order valence-electron chi connectivity index (χ2n) is 3.75. The molecule has 0 amide bonds. The van der Waals surface area contributed by atoms with Crippen LogP contribution in [0.3, 0.4) is 0 Å². The summed E-state index contributed by atoms with van der Waals surface area (Å²) in [6.45, 7) is 3.62. The predicted molar refractivity (Wildman–Crippen MR) is 65.0 cm³/mol. The van der Waals surface area contributed by atoms with E-state index in [9.17, 15) is 10.1 Å². The predicted octanol–water partition coefficient (Wildman–Crippen LogP) is 1.56. The fourth-order valence-corrected chi connectivity index (χ4v) is 1.52. The molecular weight excluding hydrogens is 206 g/mol.